The Hall–Kier alpha value is -5.45. The molecule has 40 heavy (non-hydrogen) atoms. The molecule has 2 heterocycles. The first-order valence-corrected chi connectivity index (χ1v) is 12.1. The predicted molar refractivity (Wildman–Crippen MR) is 146 cm³/mol. The molecule has 0 spiro atoms. The number of carboxylic acid groups (broad SMARTS) is 1. The highest BCUT2D eigenvalue weighted by Crippen LogP contribution is 2.31. The fraction of sp³-hybridized carbons (Fsp3) is 0.138. The SMILES string of the molecule is Cc1ccc(-c2cc(C(=O)N[C@@H](c3cnc(C)nc3)C(C(N)=O)C(N)=O)cc(-c3ccccc3C(=O)O)c2)nc1. The third-order valence-corrected chi connectivity index (χ3v) is 6.26. The van der Waals surface area contributed by atoms with E-state index in [0.717, 1.165) is 5.56 Å². The van der Waals surface area contributed by atoms with Crippen LogP contribution in [0.3, 0.4) is 0 Å². The van der Waals surface area contributed by atoms with Gasteiger partial charge in [0, 0.05) is 35.3 Å². The van der Waals surface area contributed by atoms with E-state index in [-0.39, 0.29) is 16.7 Å². The van der Waals surface area contributed by atoms with E-state index in [4.69, 9.17) is 11.5 Å². The molecule has 11 nitrogen and oxygen atoms in total. The zero-order valence-corrected chi connectivity index (χ0v) is 21.7. The lowest BCUT2D eigenvalue weighted by Gasteiger charge is -2.24. The summed E-state index contributed by atoms with van der Waals surface area (Å²) < 4.78 is 0. The normalized spacial score (nSPS) is 11.6. The zero-order chi connectivity index (χ0) is 29.0. The number of carbonyl (C=O) groups excluding carboxylic acids is 3. The molecular formula is C29H26N6O5. The van der Waals surface area contributed by atoms with E-state index in [9.17, 15) is 24.3 Å². The molecule has 0 saturated heterocycles. The second-order valence-electron chi connectivity index (χ2n) is 9.17. The van der Waals surface area contributed by atoms with Crippen LogP contribution in [0.15, 0.2) is 73.2 Å². The van der Waals surface area contributed by atoms with E-state index in [0.29, 0.717) is 28.2 Å². The number of hydrogen-bond donors (Lipinski definition) is 4. The number of hydrogen-bond acceptors (Lipinski definition) is 7. The van der Waals surface area contributed by atoms with Crippen LogP contribution >= 0.6 is 0 Å². The van der Waals surface area contributed by atoms with Crippen molar-refractivity contribution in [2.75, 3.05) is 0 Å². The molecule has 4 aromatic rings. The minimum Gasteiger partial charge on any atom is -0.478 e. The van der Waals surface area contributed by atoms with Crippen molar-refractivity contribution in [3.05, 3.63) is 101 Å². The summed E-state index contributed by atoms with van der Waals surface area (Å²) in [6, 6.07) is 13.6. The average Bonchev–Trinajstić information content (AvgIpc) is 2.92. The number of amides is 3. The lowest BCUT2D eigenvalue weighted by Crippen LogP contribution is -2.46. The van der Waals surface area contributed by atoms with Gasteiger partial charge in [0.15, 0.2) is 0 Å². The van der Waals surface area contributed by atoms with Crippen molar-refractivity contribution < 1.29 is 24.3 Å². The van der Waals surface area contributed by atoms with E-state index in [1.807, 2.05) is 13.0 Å². The average molecular weight is 539 g/mol. The number of nitrogens with zero attached hydrogens (tertiary/aromatic N) is 3. The molecule has 0 saturated carbocycles. The summed E-state index contributed by atoms with van der Waals surface area (Å²) in [6.07, 6.45) is 4.41. The van der Waals surface area contributed by atoms with Crippen LogP contribution in [0.2, 0.25) is 0 Å². The van der Waals surface area contributed by atoms with Crippen molar-refractivity contribution in [2.45, 2.75) is 19.9 Å². The number of primary amides is 2. The smallest absolute Gasteiger partial charge is 0.336 e. The Bertz CT molecular complexity index is 1590. The van der Waals surface area contributed by atoms with E-state index in [1.54, 1.807) is 49.5 Å². The van der Waals surface area contributed by atoms with Gasteiger partial charge in [-0.15, -0.1) is 0 Å². The Kier molecular flexibility index (Phi) is 7.94. The maximum absolute atomic E-state index is 13.7. The Morgan fingerprint density at radius 3 is 2.08 bits per heavy atom. The van der Waals surface area contributed by atoms with Gasteiger partial charge >= 0.3 is 5.97 Å². The van der Waals surface area contributed by atoms with Crippen LogP contribution in [0, 0.1) is 19.8 Å². The molecule has 1 atom stereocenters. The van der Waals surface area contributed by atoms with Crippen molar-refractivity contribution >= 4 is 23.7 Å². The maximum atomic E-state index is 13.7. The number of nitrogens with two attached hydrogens (primary N) is 2. The fourth-order valence-corrected chi connectivity index (χ4v) is 4.24. The van der Waals surface area contributed by atoms with Crippen LogP contribution in [0.1, 0.15) is 43.7 Å². The van der Waals surface area contributed by atoms with Gasteiger partial charge in [0.1, 0.15) is 11.7 Å². The van der Waals surface area contributed by atoms with Crippen molar-refractivity contribution in [3.63, 3.8) is 0 Å². The number of aromatic carboxylic acids is 1. The van der Waals surface area contributed by atoms with Gasteiger partial charge in [0.2, 0.25) is 11.8 Å². The number of rotatable bonds is 9. The lowest BCUT2D eigenvalue weighted by atomic mass is 9.92. The van der Waals surface area contributed by atoms with E-state index < -0.39 is 35.7 Å². The predicted octanol–water partition coefficient (Wildman–Crippen LogP) is 2.58. The van der Waals surface area contributed by atoms with Gasteiger partial charge in [-0.3, -0.25) is 19.4 Å². The molecule has 0 bridgehead atoms. The molecule has 0 aliphatic rings. The van der Waals surface area contributed by atoms with Crippen LogP contribution in [0.5, 0.6) is 0 Å². The van der Waals surface area contributed by atoms with Gasteiger partial charge in [0.25, 0.3) is 5.91 Å². The molecule has 0 aliphatic heterocycles. The first-order valence-electron chi connectivity index (χ1n) is 12.1. The first kappa shape index (κ1) is 27.6. The Balaban J connectivity index is 1.85. The van der Waals surface area contributed by atoms with Crippen LogP contribution in [0.25, 0.3) is 22.4 Å². The molecule has 0 radical (unpaired) electrons. The van der Waals surface area contributed by atoms with Crippen molar-refractivity contribution in [3.8, 4) is 22.4 Å². The van der Waals surface area contributed by atoms with Crippen molar-refractivity contribution in [1.29, 1.82) is 0 Å². The summed E-state index contributed by atoms with van der Waals surface area (Å²) in [5, 5.41) is 12.4. The van der Waals surface area contributed by atoms with Crippen LogP contribution in [0.4, 0.5) is 0 Å². The number of carbonyl (C=O) groups is 4. The molecule has 0 fully saturated rings. The van der Waals surface area contributed by atoms with E-state index in [2.05, 4.69) is 20.3 Å². The van der Waals surface area contributed by atoms with E-state index >= 15 is 0 Å². The number of aryl methyl sites for hydroxylation is 2. The summed E-state index contributed by atoms with van der Waals surface area (Å²) in [5.41, 5.74) is 14.2. The maximum Gasteiger partial charge on any atom is 0.336 e. The van der Waals surface area contributed by atoms with Crippen LogP contribution in [-0.2, 0) is 9.59 Å². The minimum absolute atomic E-state index is 0.0417. The first-order chi connectivity index (χ1) is 19.0. The van der Waals surface area contributed by atoms with Gasteiger partial charge in [-0.2, -0.15) is 0 Å². The van der Waals surface area contributed by atoms with Gasteiger partial charge in [-0.05, 0) is 60.9 Å². The van der Waals surface area contributed by atoms with Gasteiger partial charge in [-0.1, -0.05) is 24.3 Å². The van der Waals surface area contributed by atoms with Crippen LogP contribution in [-0.4, -0.2) is 43.7 Å². The quantitative estimate of drug-likeness (QED) is 0.234. The topological polar surface area (TPSA) is 191 Å². The van der Waals surface area contributed by atoms with Gasteiger partial charge < -0.3 is 21.9 Å². The highest BCUT2D eigenvalue weighted by molar-refractivity contribution is 6.03. The Labute approximate surface area is 229 Å². The highest BCUT2D eigenvalue weighted by atomic mass is 16.4. The number of carboxylic acids is 1. The number of benzene rings is 2. The van der Waals surface area contributed by atoms with Crippen molar-refractivity contribution in [1.82, 2.24) is 20.3 Å². The summed E-state index contributed by atoms with van der Waals surface area (Å²) in [6.45, 7) is 3.54. The monoisotopic (exact) mass is 538 g/mol. The molecule has 3 amide bonds. The molecule has 4 rings (SSSR count). The molecule has 2 aromatic heterocycles. The van der Waals surface area contributed by atoms with Crippen LogP contribution < -0.4 is 16.8 Å². The fourth-order valence-electron chi connectivity index (χ4n) is 4.24. The standard InChI is InChI=1S/C29H26N6O5/c1-15-7-8-23(34-12-15)18-9-17(21-5-3-4-6-22(21)29(39)40)10-19(11-18)28(38)35-25(24(26(30)36)27(31)37)20-13-32-16(2)33-14-20/h3-14,24-25H,1-2H3,(H2,30,36)(H2,31,37)(H,35,38)(H,39,40)/t25-/m0/s1. The molecule has 11 heteroatoms. The molecule has 202 valence electrons. The molecule has 0 aliphatic carbocycles. The summed E-state index contributed by atoms with van der Waals surface area (Å²) >= 11 is 0. The summed E-state index contributed by atoms with van der Waals surface area (Å²) in [7, 11) is 0. The van der Waals surface area contributed by atoms with Crippen molar-refractivity contribution in [2.24, 2.45) is 17.4 Å². The molecule has 2 aromatic carbocycles. The number of pyridine rings is 1. The van der Waals surface area contributed by atoms with E-state index in [1.165, 1.54) is 24.5 Å². The van der Waals surface area contributed by atoms with Gasteiger partial charge in [-0.25, -0.2) is 14.8 Å². The lowest BCUT2D eigenvalue weighted by molar-refractivity contribution is -0.132. The molecule has 6 N–H and O–H groups in total. The Morgan fingerprint density at radius 1 is 0.825 bits per heavy atom. The highest BCUT2D eigenvalue weighted by Gasteiger charge is 2.35. The number of aromatic nitrogens is 3. The zero-order valence-electron chi connectivity index (χ0n) is 21.7. The Morgan fingerprint density at radius 2 is 1.48 bits per heavy atom. The second-order valence-corrected chi connectivity index (χ2v) is 9.17. The molecular weight excluding hydrogens is 512 g/mol. The minimum atomic E-state index is -1.59. The third-order valence-electron chi connectivity index (χ3n) is 6.26. The summed E-state index contributed by atoms with van der Waals surface area (Å²) in [5.74, 6) is -5.04. The third kappa shape index (κ3) is 5.99. The molecule has 0 unspecified atom stereocenters. The second kappa shape index (κ2) is 11.5. The largest absolute Gasteiger partial charge is 0.478 e. The van der Waals surface area contributed by atoms with Gasteiger partial charge in [0.05, 0.1) is 17.3 Å². The summed E-state index contributed by atoms with van der Waals surface area (Å²) in [4.78, 5) is 62.7. The number of nitrogens with one attached hydrogen (secondary N) is 1.